The predicted molar refractivity (Wildman–Crippen MR) is 87.8 cm³/mol. The maximum Gasteiger partial charge on any atom is 0.323 e. The van der Waals surface area contributed by atoms with Gasteiger partial charge >= 0.3 is 5.97 Å². The minimum absolute atomic E-state index is 0.250. The molecule has 5 nitrogen and oxygen atoms in total. The van der Waals surface area contributed by atoms with E-state index in [2.05, 4.69) is 4.90 Å². The van der Waals surface area contributed by atoms with Gasteiger partial charge in [-0.05, 0) is 24.6 Å². The van der Waals surface area contributed by atoms with Crippen molar-refractivity contribution in [2.45, 2.75) is 19.4 Å². The smallest absolute Gasteiger partial charge is 0.323 e. The Balaban J connectivity index is 2.14. The highest BCUT2D eigenvalue weighted by Gasteiger charge is 2.20. The Hall–Kier alpha value is -1.01. The Labute approximate surface area is 140 Å². The van der Waals surface area contributed by atoms with Gasteiger partial charge in [-0.3, -0.25) is 4.79 Å². The van der Waals surface area contributed by atoms with Crippen LogP contribution in [-0.4, -0.2) is 44.9 Å². The van der Waals surface area contributed by atoms with Crippen LogP contribution in [0.15, 0.2) is 12.1 Å². The van der Waals surface area contributed by atoms with Gasteiger partial charge in [0.1, 0.15) is 6.04 Å². The molecule has 1 unspecified atom stereocenters. The van der Waals surface area contributed by atoms with Crippen molar-refractivity contribution in [3.8, 4) is 0 Å². The van der Waals surface area contributed by atoms with Gasteiger partial charge in [0, 0.05) is 35.2 Å². The molecule has 1 fully saturated rings. The van der Waals surface area contributed by atoms with E-state index in [0.29, 0.717) is 35.4 Å². The average molecular weight is 347 g/mol. The predicted octanol–water partition coefficient (Wildman–Crippen LogP) is 2.26. The third kappa shape index (κ3) is 4.26. The third-order valence-electron chi connectivity index (χ3n) is 3.52. The van der Waals surface area contributed by atoms with E-state index in [1.807, 2.05) is 12.1 Å². The molecule has 1 heterocycles. The first-order chi connectivity index (χ1) is 10.5. The number of esters is 1. The summed E-state index contributed by atoms with van der Waals surface area (Å²) in [6, 6.07) is 2.93. The van der Waals surface area contributed by atoms with E-state index in [0.717, 1.165) is 18.8 Å². The van der Waals surface area contributed by atoms with Crippen molar-refractivity contribution < 1.29 is 14.3 Å². The molecule has 7 heteroatoms. The van der Waals surface area contributed by atoms with E-state index < -0.39 is 12.0 Å². The molecule has 1 aliphatic heterocycles. The van der Waals surface area contributed by atoms with E-state index in [-0.39, 0.29) is 6.42 Å². The number of nitrogens with zero attached hydrogens (tertiary/aromatic N) is 1. The van der Waals surface area contributed by atoms with Crippen LogP contribution in [-0.2, 0) is 20.7 Å². The first kappa shape index (κ1) is 17.3. The third-order valence-corrected chi connectivity index (χ3v) is 4.19. The van der Waals surface area contributed by atoms with Gasteiger partial charge in [0.15, 0.2) is 0 Å². The number of carbonyl (C=O) groups excluding carboxylic acids is 1. The molecular weight excluding hydrogens is 327 g/mol. The number of ether oxygens (including phenoxy) is 2. The van der Waals surface area contributed by atoms with Crippen molar-refractivity contribution in [3.05, 3.63) is 27.7 Å². The molecule has 0 spiro atoms. The summed E-state index contributed by atoms with van der Waals surface area (Å²) in [5, 5.41) is 1.02. The summed E-state index contributed by atoms with van der Waals surface area (Å²) >= 11 is 12.7. The Kier molecular flexibility index (Phi) is 6.32. The Morgan fingerprint density at radius 1 is 1.36 bits per heavy atom. The fourth-order valence-electron chi connectivity index (χ4n) is 2.34. The zero-order valence-electron chi connectivity index (χ0n) is 12.5. The molecule has 0 bridgehead atoms. The topological polar surface area (TPSA) is 64.8 Å². The van der Waals surface area contributed by atoms with Crippen LogP contribution in [0.25, 0.3) is 0 Å². The van der Waals surface area contributed by atoms with Gasteiger partial charge in [-0.25, -0.2) is 0 Å². The van der Waals surface area contributed by atoms with Gasteiger partial charge in [0.2, 0.25) is 0 Å². The maximum atomic E-state index is 11.6. The zero-order chi connectivity index (χ0) is 16.1. The molecule has 22 heavy (non-hydrogen) atoms. The number of carbonyl (C=O) groups is 1. The minimum atomic E-state index is -0.774. The number of anilines is 1. The van der Waals surface area contributed by atoms with Gasteiger partial charge in [0.05, 0.1) is 19.8 Å². The number of nitrogens with two attached hydrogens (primary N) is 1. The molecule has 0 saturated carbocycles. The second-order valence-corrected chi connectivity index (χ2v) is 5.86. The van der Waals surface area contributed by atoms with E-state index in [1.54, 1.807) is 6.92 Å². The second kappa shape index (κ2) is 8.02. The first-order valence-corrected chi connectivity index (χ1v) is 8.01. The van der Waals surface area contributed by atoms with Crippen molar-refractivity contribution >= 4 is 34.9 Å². The Bertz CT molecular complexity index is 511. The van der Waals surface area contributed by atoms with Crippen molar-refractivity contribution in [2.24, 2.45) is 5.73 Å². The standard InChI is InChI=1S/C15H20Cl2N2O3/c1-2-22-15(20)14(18)9-11-12(16)7-10(8-13(11)17)19-3-5-21-6-4-19/h7-8,14H,2-6,9,18H2,1H3. The molecule has 122 valence electrons. The van der Waals surface area contributed by atoms with E-state index in [1.165, 1.54) is 0 Å². The molecule has 2 rings (SSSR count). The summed E-state index contributed by atoms with van der Waals surface area (Å²) in [4.78, 5) is 13.8. The summed E-state index contributed by atoms with van der Waals surface area (Å²) in [7, 11) is 0. The van der Waals surface area contributed by atoms with Crippen molar-refractivity contribution in [1.29, 1.82) is 0 Å². The molecule has 0 radical (unpaired) electrons. The summed E-state index contributed by atoms with van der Waals surface area (Å²) in [5.74, 6) is -0.452. The number of morpholine rings is 1. The Morgan fingerprint density at radius 2 is 1.95 bits per heavy atom. The van der Waals surface area contributed by atoms with Crippen LogP contribution >= 0.6 is 23.2 Å². The van der Waals surface area contributed by atoms with Gasteiger partial charge in [-0.1, -0.05) is 23.2 Å². The molecule has 0 amide bonds. The minimum Gasteiger partial charge on any atom is -0.465 e. The molecule has 1 aliphatic rings. The van der Waals surface area contributed by atoms with Crippen molar-refractivity contribution in [2.75, 3.05) is 37.8 Å². The zero-order valence-corrected chi connectivity index (χ0v) is 14.0. The molecular formula is C15H20Cl2N2O3. The summed E-state index contributed by atoms with van der Waals surface area (Å²) in [6.45, 7) is 5.00. The van der Waals surface area contributed by atoms with Gasteiger partial charge < -0.3 is 20.1 Å². The van der Waals surface area contributed by atoms with E-state index >= 15 is 0 Å². The SMILES string of the molecule is CCOC(=O)C(N)Cc1c(Cl)cc(N2CCOCC2)cc1Cl. The molecule has 1 aromatic rings. The maximum absolute atomic E-state index is 11.6. The fourth-order valence-corrected chi connectivity index (χ4v) is 2.97. The van der Waals surface area contributed by atoms with Crippen LogP contribution in [0.5, 0.6) is 0 Å². The largest absolute Gasteiger partial charge is 0.465 e. The lowest BCUT2D eigenvalue weighted by Gasteiger charge is -2.29. The summed E-state index contributed by atoms with van der Waals surface area (Å²) in [6.07, 6.45) is 0.250. The highest BCUT2D eigenvalue weighted by atomic mass is 35.5. The molecule has 0 aromatic heterocycles. The van der Waals surface area contributed by atoms with Crippen LogP contribution in [0, 0.1) is 0 Å². The lowest BCUT2D eigenvalue weighted by atomic mass is 10.1. The highest BCUT2D eigenvalue weighted by molar-refractivity contribution is 6.36. The first-order valence-electron chi connectivity index (χ1n) is 7.25. The summed E-state index contributed by atoms with van der Waals surface area (Å²) in [5.41, 5.74) is 7.45. The van der Waals surface area contributed by atoms with Crippen LogP contribution in [0.1, 0.15) is 12.5 Å². The van der Waals surface area contributed by atoms with Gasteiger partial charge in [0.25, 0.3) is 0 Å². The van der Waals surface area contributed by atoms with Crippen LogP contribution in [0.4, 0.5) is 5.69 Å². The summed E-state index contributed by atoms with van der Waals surface area (Å²) < 4.78 is 10.2. The number of benzene rings is 1. The highest BCUT2D eigenvalue weighted by Crippen LogP contribution is 2.32. The monoisotopic (exact) mass is 346 g/mol. The van der Waals surface area contributed by atoms with Crippen LogP contribution in [0.3, 0.4) is 0 Å². The van der Waals surface area contributed by atoms with Crippen LogP contribution < -0.4 is 10.6 Å². The molecule has 1 aromatic carbocycles. The lowest BCUT2D eigenvalue weighted by Crippen LogP contribution is -2.36. The average Bonchev–Trinajstić information content (AvgIpc) is 2.51. The second-order valence-electron chi connectivity index (χ2n) is 5.05. The number of hydrogen-bond donors (Lipinski definition) is 1. The van der Waals surface area contributed by atoms with E-state index in [9.17, 15) is 4.79 Å². The van der Waals surface area contributed by atoms with Crippen molar-refractivity contribution in [3.63, 3.8) is 0 Å². The fraction of sp³-hybridized carbons (Fsp3) is 0.533. The van der Waals surface area contributed by atoms with Crippen molar-refractivity contribution in [1.82, 2.24) is 0 Å². The van der Waals surface area contributed by atoms with E-state index in [4.69, 9.17) is 38.4 Å². The molecule has 1 saturated heterocycles. The Morgan fingerprint density at radius 3 is 2.50 bits per heavy atom. The van der Waals surface area contributed by atoms with Crippen LogP contribution in [0.2, 0.25) is 10.0 Å². The number of rotatable bonds is 5. The molecule has 0 aliphatic carbocycles. The molecule has 2 N–H and O–H groups in total. The van der Waals surface area contributed by atoms with Gasteiger partial charge in [-0.15, -0.1) is 0 Å². The lowest BCUT2D eigenvalue weighted by molar-refractivity contribution is -0.144. The van der Waals surface area contributed by atoms with Gasteiger partial charge in [-0.2, -0.15) is 0 Å². The normalized spacial score (nSPS) is 16.5. The molecule has 1 atom stereocenters. The number of hydrogen-bond acceptors (Lipinski definition) is 5. The number of halogens is 2. The quantitative estimate of drug-likeness (QED) is 0.828.